The Labute approximate surface area is 188 Å². The van der Waals surface area contributed by atoms with Gasteiger partial charge in [-0.1, -0.05) is 12.1 Å². The van der Waals surface area contributed by atoms with Gasteiger partial charge >= 0.3 is 0 Å². The van der Waals surface area contributed by atoms with E-state index in [1.807, 2.05) is 31.5 Å². The number of hydrogen-bond donors (Lipinski definition) is 0. The van der Waals surface area contributed by atoms with E-state index in [1.54, 1.807) is 18.3 Å². The van der Waals surface area contributed by atoms with Crippen LogP contribution in [0.1, 0.15) is 24.1 Å². The molecule has 0 bridgehead atoms. The summed E-state index contributed by atoms with van der Waals surface area (Å²) in [4.78, 5) is 16.0. The van der Waals surface area contributed by atoms with Gasteiger partial charge in [-0.3, -0.25) is 9.97 Å². The molecule has 2 aromatic heterocycles. The van der Waals surface area contributed by atoms with Crippen LogP contribution < -0.4 is 9.64 Å². The van der Waals surface area contributed by atoms with Crippen LogP contribution in [-0.2, 0) is 16.3 Å². The van der Waals surface area contributed by atoms with E-state index in [2.05, 4.69) is 25.9 Å². The standard InChI is InChI=1S/C24H26N4O3S/c1-16-13-27-24(15-25-16)28-9-7-18(8-10-28)22-12-19-11-21(26-14-23(19)31-22)17-3-5-20(6-4-17)32(2,29)30/h3-6,11,13-15,18,22H,7-10,12H2,1-2H3. The number of pyridine rings is 1. The SMILES string of the molecule is Cc1cnc(N2CCC(C3Cc4cc(-c5ccc(S(C)(=O)=O)cc5)ncc4O3)CC2)cn1. The topological polar surface area (TPSA) is 85.3 Å². The van der Waals surface area contributed by atoms with Gasteiger partial charge in [0.15, 0.2) is 9.84 Å². The Morgan fingerprint density at radius 3 is 2.41 bits per heavy atom. The van der Waals surface area contributed by atoms with Gasteiger partial charge < -0.3 is 9.64 Å². The van der Waals surface area contributed by atoms with Crippen LogP contribution in [-0.4, -0.2) is 48.8 Å². The molecule has 1 unspecified atom stereocenters. The first-order valence-electron chi connectivity index (χ1n) is 10.9. The van der Waals surface area contributed by atoms with Gasteiger partial charge in [-0.15, -0.1) is 0 Å². The number of nitrogens with zero attached hydrogens (tertiary/aromatic N) is 4. The van der Waals surface area contributed by atoms with Gasteiger partial charge in [0.25, 0.3) is 0 Å². The number of benzene rings is 1. The van der Waals surface area contributed by atoms with E-state index in [0.29, 0.717) is 10.8 Å². The summed E-state index contributed by atoms with van der Waals surface area (Å²) in [5.41, 5.74) is 3.83. The highest BCUT2D eigenvalue weighted by molar-refractivity contribution is 7.90. The molecule has 0 radical (unpaired) electrons. The Morgan fingerprint density at radius 1 is 1.00 bits per heavy atom. The number of fused-ring (bicyclic) bond motifs is 1. The summed E-state index contributed by atoms with van der Waals surface area (Å²) in [6, 6.07) is 8.95. The Bertz CT molecular complexity index is 1220. The van der Waals surface area contributed by atoms with Crippen LogP contribution in [0, 0.1) is 12.8 Å². The van der Waals surface area contributed by atoms with Crippen LogP contribution >= 0.6 is 0 Å². The lowest BCUT2D eigenvalue weighted by atomic mass is 9.89. The van der Waals surface area contributed by atoms with Crippen LogP contribution in [0.5, 0.6) is 5.75 Å². The molecule has 1 atom stereocenters. The maximum absolute atomic E-state index is 11.7. The maximum atomic E-state index is 11.7. The molecule has 0 aliphatic carbocycles. The van der Waals surface area contributed by atoms with E-state index in [-0.39, 0.29) is 6.10 Å². The summed E-state index contributed by atoms with van der Waals surface area (Å²) in [7, 11) is -3.21. The molecule has 32 heavy (non-hydrogen) atoms. The highest BCUT2D eigenvalue weighted by atomic mass is 32.2. The fourth-order valence-electron chi connectivity index (χ4n) is 4.51. The van der Waals surface area contributed by atoms with E-state index < -0.39 is 9.84 Å². The average Bonchev–Trinajstić information content (AvgIpc) is 3.23. The van der Waals surface area contributed by atoms with E-state index in [0.717, 1.165) is 60.9 Å². The number of sulfone groups is 1. The second-order valence-electron chi connectivity index (χ2n) is 8.67. The van der Waals surface area contributed by atoms with Crippen molar-refractivity contribution in [2.45, 2.75) is 37.2 Å². The first-order chi connectivity index (χ1) is 15.4. The number of piperidine rings is 1. The smallest absolute Gasteiger partial charge is 0.175 e. The maximum Gasteiger partial charge on any atom is 0.175 e. The van der Waals surface area contributed by atoms with Gasteiger partial charge in [0.1, 0.15) is 17.7 Å². The fourth-order valence-corrected chi connectivity index (χ4v) is 5.15. The van der Waals surface area contributed by atoms with Gasteiger partial charge in [0, 0.05) is 36.9 Å². The molecule has 1 aromatic carbocycles. The van der Waals surface area contributed by atoms with Crippen molar-refractivity contribution in [3.8, 4) is 17.0 Å². The molecule has 1 fully saturated rings. The van der Waals surface area contributed by atoms with Crippen LogP contribution in [0.25, 0.3) is 11.3 Å². The number of aromatic nitrogens is 3. The van der Waals surface area contributed by atoms with Crippen molar-refractivity contribution in [3.63, 3.8) is 0 Å². The predicted octanol–water partition coefficient (Wildman–Crippen LogP) is 3.47. The van der Waals surface area contributed by atoms with Crippen LogP contribution in [0.2, 0.25) is 0 Å². The molecular formula is C24H26N4O3S. The lowest BCUT2D eigenvalue weighted by Crippen LogP contribution is -2.39. The summed E-state index contributed by atoms with van der Waals surface area (Å²) in [6.07, 6.45) is 9.84. The average molecular weight is 451 g/mol. The highest BCUT2D eigenvalue weighted by Gasteiger charge is 2.33. The molecule has 7 nitrogen and oxygen atoms in total. The lowest BCUT2D eigenvalue weighted by molar-refractivity contribution is 0.138. The largest absolute Gasteiger partial charge is 0.488 e. The van der Waals surface area contributed by atoms with Crippen molar-refractivity contribution in [1.29, 1.82) is 0 Å². The number of ether oxygens (including phenoxy) is 1. The third-order valence-corrected chi connectivity index (χ3v) is 7.51. The van der Waals surface area contributed by atoms with Crippen molar-refractivity contribution in [2.75, 3.05) is 24.2 Å². The van der Waals surface area contributed by atoms with E-state index in [4.69, 9.17) is 4.74 Å². The Morgan fingerprint density at radius 2 is 1.75 bits per heavy atom. The zero-order valence-electron chi connectivity index (χ0n) is 18.2. The highest BCUT2D eigenvalue weighted by Crippen LogP contribution is 2.37. The Kier molecular flexibility index (Phi) is 5.33. The zero-order valence-corrected chi connectivity index (χ0v) is 19.0. The summed E-state index contributed by atoms with van der Waals surface area (Å²) >= 11 is 0. The van der Waals surface area contributed by atoms with Crippen molar-refractivity contribution < 1.29 is 13.2 Å². The van der Waals surface area contributed by atoms with Crippen molar-refractivity contribution in [2.24, 2.45) is 5.92 Å². The van der Waals surface area contributed by atoms with Crippen molar-refractivity contribution in [1.82, 2.24) is 15.0 Å². The Balaban J connectivity index is 1.24. The minimum Gasteiger partial charge on any atom is -0.488 e. The molecule has 166 valence electrons. The summed E-state index contributed by atoms with van der Waals surface area (Å²) in [5, 5.41) is 0. The lowest BCUT2D eigenvalue weighted by Gasteiger charge is -2.34. The van der Waals surface area contributed by atoms with Gasteiger partial charge in [-0.2, -0.15) is 0 Å². The molecule has 8 heteroatoms. The summed E-state index contributed by atoms with van der Waals surface area (Å²) < 4.78 is 29.7. The van der Waals surface area contributed by atoms with Gasteiger partial charge in [0.2, 0.25) is 0 Å². The fraction of sp³-hybridized carbons (Fsp3) is 0.375. The van der Waals surface area contributed by atoms with E-state index in [1.165, 1.54) is 11.8 Å². The minimum absolute atomic E-state index is 0.168. The molecule has 0 saturated carbocycles. The summed E-state index contributed by atoms with van der Waals surface area (Å²) in [6.45, 7) is 3.85. The quantitative estimate of drug-likeness (QED) is 0.602. The minimum atomic E-state index is -3.21. The molecule has 1 saturated heterocycles. The monoisotopic (exact) mass is 450 g/mol. The number of aryl methyl sites for hydroxylation is 1. The number of rotatable bonds is 4. The third kappa shape index (κ3) is 4.19. The molecule has 3 aromatic rings. The second-order valence-corrected chi connectivity index (χ2v) is 10.7. The number of hydrogen-bond acceptors (Lipinski definition) is 7. The normalized spacial score (nSPS) is 18.9. The molecule has 2 aliphatic heterocycles. The van der Waals surface area contributed by atoms with Gasteiger partial charge in [0.05, 0.1) is 34.9 Å². The Hall–Kier alpha value is -3.00. The van der Waals surface area contributed by atoms with Crippen LogP contribution in [0.4, 0.5) is 5.82 Å². The molecular weight excluding hydrogens is 424 g/mol. The molecule has 5 rings (SSSR count). The van der Waals surface area contributed by atoms with Crippen molar-refractivity contribution in [3.05, 3.63) is 60.2 Å². The third-order valence-electron chi connectivity index (χ3n) is 6.38. The second kappa shape index (κ2) is 8.16. The summed E-state index contributed by atoms with van der Waals surface area (Å²) in [5.74, 6) is 2.30. The zero-order chi connectivity index (χ0) is 22.3. The molecule has 0 N–H and O–H groups in total. The van der Waals surface area contributed by atoms with E-state index in [9.17, 15) is 8.42 Å². The molecule has 0 spiro atoms. The van der Waals surface area contributed by atoms with Gasteiger partial charge in [-0.05, 0) is 43.9 Å². The molecule has 2 aliphatic rings. The van der Waals surface area contributed by atoms with Crippen molar-refractivity contribution >= 4 is 15.7 Å². The first kappa shape index (κ1) is 20.9. The molecule has 0 amide bonds. The van der Waals surface area contributed by atoms with E-state index >= 15 is 0 Å². The van der Waals surface area contributed by atoms with Crippen LogP contribution in [0.15, 0.2) is 53.8 Å². The number of anilines is 1. The predicted molar refractivity (Wildman–Crippen MR) is 123 cm³/mol. The van der Waals surface area contributed by atoms with Crippen LogP contribution in [0.3, 0.4) is 0 Å². The molecule has 4 heterocycles. The first-order valence-corrected chi connectivity index (χ1v) is 12.8. The van der Waals surface area contributed by atoms with Gasteiger partial charge in [-0.25, -0.2) is 13.4 Å².